The van der Waals surface area contributed by atoms with E-state index < -0.39 is 0 Å². The first-order valence-electron chi connectivity index (χ1n) is 7.98. The van der Waals surface area contributed by atoms with Crippen LogP contribution in [-0.4, -0.2) is 42.4 Å². The first-order valence-corrected chi connectivity index (χ1v) is 9.07. The number of carbonyl (C=O) groups excluding carboxylic acids is 1. The van der Waals surface area contributed by atoms with Crippen molar-refractivity contribution in [3.05, 3.63) is 35.9 Å². The Morgan fingerprint density at radius 1 is 1.25 bits per heavy atom. The Balaban J connectivity index is 1.65. The maximum absolute atomic E-state index is 12.1. The van der Waals surface area contributed by atoms with Crippen LogP contribution in [0.5, 0.6) is 0 Å². The summed E-state index contributed by atoms with van der Waals surface area (Å²) in [5, 5.41) is 2.87. The topological polar surface area (TPSA) is 74.9 Å². The van der Waals surface area contributed by atoms with Gasteiger partial charge in [-0.2, -0.15) is 5.48 Å². The Morgan fingerprint density at radius 2 is 2.04 bits per heavy atom. The van der Waals surface area contributed by atoms with Crippen LogP contribution in [0.1, 0.15) is 18.4 Å². The average Bonchev–Trinajstić information content (AvgIpc) is 2.59. The summed E-state index contributed by atoms with van der Waals surface area (Å²) < 4.78 is 1.94. The largest absolute Gasteiger partial charge is 0.298 e. The molecule has 0 aliphatic carbocycles. The molecule has 1 fully saturated rings. The van der Waals surface area contributed by atoms with Crippen molar-refractivity contribution in [1.82, 2.24) is 20.7 Å². The smallest absolute Gasteiger partial charge is 0.261 e. The maximum atomic E-state index is 12.1. The third kappa shape index (κ3) is 6.69. The van der Waals surface area contributed by atoms with Gasteiger partial charge in [-0.1, -0.05) is 49.1 Å². The number of hydroxylamine groups is 2. The van der Waals surface area contributed by atoms with Crippen molar-refractivity contribution in [1.29, 1.82) is 0 Å². The Hall–Kier alpha value is -0.650. The van der Waals surface area contributed by atoms with Crippen molar-refractivity contribution >= 4 is 24.7 Å². The number of nitrogens with one attached hydrogen (secondary N) is 3. The van der Waals surface area contributed by atoms with Crippen LogP contribution < -0.4 is 16.0 Å². The molecule has 134 valence electrons. The van der Waals surface area contributed by atoms with Crippen molar-refractivity contribution < 1.29 is 14.5 Å². The molecule has 7 nitrogen and oxygen atoms in total. The highest BCUT2D eigenvalue weighted by molar-refractivity contribution is 7.13. The molecule has 2 rings (SSSR count). The Kier molecular flexibility index (Phi) is 9.07. The lowest BCUT2D eigenvalue weighted by Gasteiger charge is -2.35. The molecular formula is C15H26N4O3P2. The molecule has 9 heteroatoms. The molecule has 1 heterocycles. The summed E-state index contributed by atoms with van der Waals surface area (Å²) in [4.78, 5) is 22.8. The average molecular weight is 372 g/mol. The van der Waals surface area contributed by atoms with Crippen molar-refractivity contribution in [3.63, 3.8) is 0 Å². The van der Waals surface area contributed by atoms with E-state index in [1.807, 2.05) is 35.0 Å². The molecule has 1 aromatic carbocycles. The molecule has 1 aliphatic rings. The number of hydrogen-bond acceptors (Lipinski definition) is 6. The summed E-state index contributed by atoms with van der Waals surface area (Å²) in [7, 11) is 5.00. The zero-order valence-electron chi connectivity index (χ0n) is 13.6. The summed E-state index contributed by atoms with van der Waals surface area (Å²) >= 11 is 0. The number of piperidine rings is 1. The van der Waals surface area contributed by atoms with E-state index in [9.17, 15) is 4.79 Å². The molecule has 0 saturated carbocycles. The van der Waals surface area contributed by atoms with Crippen LogP contribution in [0.25, 0.3) is 0 Å². The van der Waals surface area contributed by atoms with Crippen molar-refractivity contribution in [2.45, 2.75) is 31.5 Å². The second kappa shape index (κ2) is 11.1. The molecule has 1 aromatic rings. The van der Waals surface area contributed by atoms with E-state index in [2.05, 4.69) is 34.8 Å². The fourth-order valence-corrected chi connectivity index (χ4v) is 3.15. The normalized spacial score (nSPS) is 21.6. The van der Waals surface area contributed by atoms with E-state index in [0.717, 1.165) is 18.4 Å². The molecule has 24 heavy (non-hydrogen) atoms. The van der Waals surface area contributed by atoms with Crippen molar-refractivity contribution in [2.75, 3.05) is 19.7 Å². The van der Waals surface area contributed by atoms with Gasteiger partial charge in [-0.05, 0) is 18.4 Å². The summed E-state index contributed by atoms with van der Waals surface area (Å²) in [6.07, 6.45) is 1.61. The predicted octanol–water partition coefficient (Wildman–Crippen LogP) is 0.758. The molecule has 0 bridgehead atoms. The van der Waals surface area contributed by atoms with Gasteiger partial charge in [0.1, 0.15) is 0 Å². The quantitative estimate of drug-likeness (QED) is 0.338. The lowest BCUT2D eigenvalue weighted by molar-refractivity contribution is -0.138. The third-order valence-corrected chi connectivity index (χ3v) is 4.64. The van der Waals surface area contributed by atoms with Crippen LogP contribution in [0.2, 0.25) is 0 Å². The minimum atomic E-state index is -0.203. The van der Waals surface area contributed by atoms with Gasteiger partial charge in [-0.25, -0.2) is 5.48 Å². The molecule has 4 atom stereocenters. The SMILES string of the molecule is O=C(NOCCNP)[C@@H]1CC[C@@H](NOCc2ccccc2)CN1P. The van der Waals surface area contributed by atoms with Gasteiger partial charge >= 0.3 is 0 Å². The van der Waals surface area contributed by atoms with Gasteiger partial charge < -0.3 is 0 Å². The molecule has 1 aliphatic heterocycles. The van der Waals surface area contributed by atoms with Gasteiger partial charge in [0.15, 0.2) is 0 Å². The lowest BCUT2D eigenvalue weighted by atomic mass is 10.0. The molecule has 3 N–H and O–H groups in total. The zero-order chi connectivity index (χ0) is 17.2. The number of rotatable bonds is 9. The third-order valence-electron chi connectivity index (χ3n) is 3.78. The van der Waals surface area contributed by atoms with Gasteiger partial charge in [0.2, 0.25) is 0 Å². The Bertz CT molecular complexity index is 495. The highest BCUT2D eigenvalue weighted by atomic mass is 31.0. The number of amides is 1. The fourth-order valence-electron chi connectivity index (χ4n) is 2.49. The minimum absolute atomic E-state index is 0.114. The van der Waals surface area contributed by atoms with Gasteiger partial charge in [0, 0.05) is 19.1 Å². The van der Waals surface area contributed by atoms with Crippen LogP contribution >= 0.6 is 18.8 Å². The van der Waals surface area contributed by atoms with Gasteiger partial charge in [0.05, 0.1) is 19.3 Å². The van der Waals surface area contributed by atoms with Crippen LogP contribution in [0.4, 0.5) is 0 Å². The summed E-state index contributed by atoms with van der Waals surface area (Å²) in [6.45, 7) is 2.32. The Labute approximate surface area is 147 Å². The van der Waals surface area contributed by atoms with Crippen LogP contribution in [0.3, 0.4) is 0 Å². The molecule has 1 amide bonds. The first kappa shape index (κ1) is 19.7. The first-order chi connectivity index (χ1) is 11.7. The second-order valence-electron chi connectivity index (χ2n) is 5.65. The Morgan fingerprint density at radius 3 is 2.75 bits per heavy atom. The van der Waals surface area contributed by atoms with Crippen LogP contribution in [0, 0.1) is 0 Å². The van der Waals surface area contributed by atoms with E-state index in [-0.39, 0.29) is 18.0 Å². The molecule has 1 saturated heterocycles. The number of nitrogens with zero attached hydrogens (tertiary/aromatic N) is 1. The van der Waals surface area contributed by atoms with E-state index in [1.165, 1.54) is 0 Å². The summed E-state index contributed by atoms with van der Waals surface area (Å²) in [6, 6.07) is 10.0. The highest BCUT2D eigenvalue weighted by Gasteiger charge is 2.31. The minimum Gasteiger partial charge on any atom is -0.298 e. The number of carbonyl (C=O) groups is 1. The summed E-state index contributed by atoms with van der Waals surface area (Å²) in [5.41, 5.74) is 6.72. The molecule has 0 aromatic heterocycles. The zero-order valence-corrected chi connectivity index (χ0v) is 15.9. The fraction of sp³-hybridized carbons (Fsp3) is 0.533. The lowest BCUT2D eigenvalue weighted by Crippen LogP contribution is -2.52. The second-order valence-corrected chi connectivity index (χ2v) is 6.72. The van der Waals surface area contributed by atoms with Gasteiger partial charge in [-0.15, -0.1) is 0 Å². The number of hydrogen-bond donors (Lipinski definition) is 3. The summed E-state index contributed by atoms with van der Waals surface area (Å²) in [5.74, 6) is -0.114. The molecular weight excluding hydrogens is 346 g/mol. The van der Waals surface area contributed by atoms with E-state index in [0.29, 0.717) is 26.3 Å². The molecule has 2 unspecified atom stereocenters. The monoisotopic (exact) mass is 372 g/mol. The van der Waals surface area contributed by atoms with Crippen molar-refractivity contribution in [2.24, 2.45) is 0 Å². The van der Waals surface area contributed by atoms with E-state index in [1.54, 1.807) is 0 Å². The standard InChI is InChI=1S/C15H26N4O3P2/c20-15(18-21-9-8-16-23)14-7-6-13(10-19(14)24)17-22-11-12-4-2-1-3-5-12/h1-5,13-14,16-17H,6-11,23-24H2,(H,18,20)/t13-,14+/m1/s1. The highest BCUT2D eigenvalue weighted by Crippen LogP contribution is 2.21. The van der Waals surface area contributed by atoms with E-state index >= 15 is 0 Å². The maximum Gasteiger partial charge on any atom is 0.261 e. The number of benzene rings is 1. The van der Waals surface area contributed by atoms with Crippen LogP contribution in [0.15, 0.2) is 30.3 Å². The van der Waals surface area contributed by atoms with Gasteiger partial charge in [-0.3, -0.25) is 24.2 Å². The molecule has 0 radical (unpaired) electrons. The van der Waals surface area contributed by atoms with Crippen molar-refractivity contribution in [3.8, 4) is 0 Å². The van der Waals surface area contributed by atoms with Crippen LogP contribution in [-0.2, 0) is 21.1 Å². The molecule has 0 spiro atoms. The van der Waals surface area contributed by atoms with E-state index in [4.69, 9.17) is 9.68 Å². The predicted molar refractivity (Wildman–Crippen MR) is 99.4 cm³/mol. The van der Waals surface area contributed by atoms with Gasteiger partial charge in [0.25, 0.3) is 5.91 Å².